The van der Waals surface area contributed by atoms with Gasteiger partial charge in [-0.3, -0.25) is 4.99 Å². The Hall–Kier alpha value is -0.420. The SMILES string of the molecule is CCNC(=NCCc1ccc(F)c(Br)c1)N1CCS(=O)(=O)C(C)(C)C1.I. The molecular formula is C17H26BrFIN3O2S. The summed E-state index contributed by atoms with van der Waals surface area (Å²) in [5.41, 5.74) is 0.995. The average Bonchev–Trinajstić information content (AvgIpc) is 2.53. The molecule has 148 valence electrons. The molecule has 1 aromatic carbocycles. The number of hydrogen-bond acceptors (Lipinski definition) is 3. The number of nitrogens with zero attached hydrogens (tertiary/aromatic N) is 2. The van der Waals surface area contributed by atoms with E-state index in [2.05, 4.69) is 26.2 Å². The topological polar surface area (TPSA) is 61.8 Å². The lowest BCUT2D eigenvalue weighted by Crippen LogP contribution is -2.57. The van der Waals surface area contributed by atoms with Gasteiger partial charge in [-0.1, -0.05) is 6.07 Å². The first-order chi connectivity index (χ1) is 11.7. The second kappa shape index (κ2) is 9.68. The Balaban J connectivity index is 0.00000338. The molecule has 0 aromatic heterocycles. The third-order valence-electron chi connectivity index (χ3n) is 4.32. The molecule has 0 saturated carbocycles. The standard InChI is InChI=1S/C17H25BrFN3O2S.HI/c1-4-20-16(22-9-10-25(23,24)17(2,3)12-22)21-8-7-13-5-6-15(19)14(18)11-13;/h5-6,11H,4,7-10,12H2,1-3H3,(H,20,21);1H. The largest absolute Gasteiger partial charge is 0.357 e. The van der Waals surface area contributed by atoms with E-state index in [0.29, 0.717) is 37.1 Å². The minimum absolute atomic E-state index is 0. The molecule has 1 aromatic rings. The van der Waals surface area contributed by atoms with E-state index >= 15 is 0 Å². The predicted octanol–water partition coefficient (Wildman–Crippen LogP) is 3.22. The van der Waals surface area contributed by atoms with Crippen molar-refractivity contribution in [1.29, 1.82) is 0 Å². The molecule has 0 spiro atoms. The second-order valence-electron chi connectivity index (χ2n) is 6.73. The Kier molecular flexibility index (Phi) is 8.79. The number of rotatable bonds is 4. The summed E-state index contributed by atoms with van der Waals surface area (Å²) in [6.45, 7) is 7.62. The molecule has 0 atom stereocenters. The van der Waals surface area contributed by atoms with Gasteiger partial charge in [0.15, 0.2) is 15.8 Å². The second-order valence-corrected chi connectivity index (χ2v) is 10.3. The Bertz CT molecular complexity index is 756. The molecule has 1 aliphatic rings. The van der Waals surface area contributed by atoms with E-state index in [1.165, 1.54) is 6.07 Å². The average molecular weight is 562 g/mol. The Morgan fingerprint density at radius 2 is 2.12 bits per heavy atom. The van der Waals surface area contributed by atoms with Gasteiger partial charge in [0.1, 0.15) is 5.82 Å². The minimum atomic E-state index is -3.08. The number of nitrogens with one attached hydrogen (secondary N) is 1. The van der Waals surface area contributed by atoms with Crippen molar-refractivity contribution in [3.63, 3.8) is 0 Å². The number of hydrogen-bond donors (Lipinski definition) is 1. The van der Waals surface area contributed by atoms with Gasteiger partial charge < -0.3 is 10.2 Å². The smallest absolute Gasteiger partial charge is 0.194 e. The fourth-order valence-electron chi connectivity index (χ4n) is 2.74. The van der Waals surface area contributed by atoms with Crippen LogP contribution in [-0.4, -0.2) is 56.0 Å². The minimum Gasteiger partial charge on any atom is -0.357 e. The number of halogens is 3. The molecule has 1 aliphatic heterocycles. The lowest BCUT2D eigenvalue weighted by atomic mass is 10.1. The molecule has 2 rings (SSSR count). The fraction of sp³-hybridized carbons (Fsp3) is 0.588. The van der Waals surface area contributed by atoms with Crippen LogP contribution >= 0.6 is 39.9 Å². The number of benzene rings is 1. The Morgan fingerprint density at radius 1 is 1.42 bits per heavy atom. The molecule has 1 heterocycles. The third-order valence-corrected chi connectivity index (χ3v) is 7.46. The number of aliphatic imine (C=N–C) groups is 1. The highest BCUT2D eigenvalue weighted by atomic mass is 127. The van der Waals surface area contributed by atoms with Gasteiger partial charge in [-0.15, -0.1) is 24.0 Å². The van der Waals surface area contributed by atoms with Crippen molar-refractivity contribution >= 4 is 55.7 Å². The van der Waals surface area contributed by atoms with Crippen LogP contribution in [0.25, 0.3) is 0 Å². The first-order valence-corrected chi connectivity index (χ1v) is 10.8. The monoisotopic (exact) mass is 561 g/mol. The summed E-state index contributed by atoms with van der Waals surface area (Å²) in [7, 11) is -3.08. The molecule has 5 nitrogen and oxygen atoms in total. The quantitative estimate of drug-likeness (QED) is 0.348. The van der Waals surface area contributed by atoms with Crippen LogP contribution in [0.3, 0.4) is 0 Å². The third kappa shape index (κ3) is 5.79. The van der Waals surface area contributed by atoms with Crippen LogP contribution in [0.15, 0.2) is 27.7 Å². The van der Waals surface area contributed by atoms with Gasteiger partial charge in [0.2, 0.25) is 0 Å². The summed E-state index contributed by atoms with van der Waals surface area (Å²) in [6, 6.07) is 4.94. The zero-order chi connectivity index (χ0) is 18.7. The highest BCUT2D eigenvalue weighted by molar-refractivity contribution is 14.0. The van der Waals surface area contributed by atoms with Crippen LogP contribution in [0, 0.1) is 5.82 Å². The fourth-order valence-corrected chi connectivity index (χ4v) is 4.53. The maximum atomic E-state index is 13.3. The lowest BCUT2D eigenvalue weighted by molar-refractivity contribution is 0.353. The number of guanidine groups is 1. The van der Waals surface area contributed by atoms with E-state index in [9.17, 15) is 12.8 Å². The van der Waals surface area contributed by atoms with E-state index in [0.717, 1.165) is 11.5 Å². The van der Waals surface area contributed by atoms with Gasteiger partial charge in [-0.05, 0) is 60.8 Å². The van der Waals surface area contributed by atoms with Crippen LogP contribution in [0.4, 0.5) is 4.39 Å². The molecule has 1 N–H and O–H groups in total. The Labute approximate surface area is 180 Å². The highest BCUT2D eigenvalue weighted by Crippen LogP contribution is 2.23. The molecule has 0 amide bonds. The summed E-state index contributed by atoms with van der Waals surface area (Å²) < 4.78 is 37.3. The molecular weight excluding hydrogens is 536 g/mol. The molecule has 0 aliphatic carbocycles. The van der Waals surface area contributed by atoms with E-state index in [-0.39, 0.29) is 35.5 Å². The summed E-state index contributed by atoms with van der Waals surface area (Å²) in [5, 5.41) is 3.24. The molecule has 0 unspecified atom stereocenters. The summed E-state index contributed by atoms with van der Waals surface area (Å²) in [6.07, 6.45) is 0.684. The van der Waals surface area contributed by atoms with Gasteiger partial charge in [-0.2, -0.15) is 0 Å². The Morgan fingerprint density at radius 3 is 2.69 bits per heavy atom. The van der Waals surface area contributed by atoms with E-state index in [1.807, 2.05) is 11.8 Å². The summed E-state index contributed by atoms with van der Waals surface area (Å²) in [4.78, 5) is 6.63. The first-order valence-electron chi connectivity index (χ1n) is 8.36. The van der Waals surface area contributed by atoms with Crippen LogP contribution < -0.4 is 5.32 Å². The van der Waals surface area contributed by atoms with E-state index in [4.69, 9.17) is 0 Å². The zero-order valence-corrected chi connectivity index (χ0v) is 20.0. The first kappa shape index (κ1) is 23.6. The summed E-state index contributed by atoms with van der Waals surface area (Å²) >= 11 is 3.19. The normalized spacial score (nSPS) is 19.0. The van der Waals surface area contributed by atoms with Gasteiger partial charge in [0.25, 0.3) is 0 Å². The van der Waals surface area contributed by atoms with Crippen molar-refractivity contribution in [1.82, 2.24) is 10.2 Å². The predicted molar refractivity (Wildman–Crippen MR) is 119 cm³/mol. The van der Waals surface area contributed by atoms with Crippen molar-refractivity contribution in [2.75, 3.05) is 31.9 Å². The molecule has 1 fully saturated rings. The number of sulfone groups is 1. The molecule has 26 heavy (non-hydrogen) atoms. The lowest BCUT2D eigenvalue weighted by Gasteiger charge is -2.39. The summed E-state index contributed by atoms with van der Waals surface area (Å²) in [5.74, 6) is 0.582. The molecule has 0 radical (unpaired) electrons. The van der Waals surface area contributed by atoms with Crippen molar-refractivity contribution in [2.24, 2.45) is 4.99 Å². The van der Waals surface area contributed by atoms with E-state index in [1.54, 1.807) is 26.0 Å². The highest BCUT2D eigenvalue weighted by Gasteiger charge is 2.40. The van der Waals surface area contributed by atoms with Crippen LogP contribution in [0.5, 0.6) is 0 Å². The van der Waals surface area contributed by atoms with Crippen LogP contribution in [0.1, 0.15) is 26.3 Å². The van der Waals surface area contributed by atoms with Crippen molar-refractivity contribution in [2.45, 2.75) is 31.9 Å². The van der Waals surface area contributed by atoms with Gasteiger partial charge in [0, 0.05) is 26.2 Å². The molecule has 0 bridgehead atoms. The van der Waals surface area contributed by atoms with Crippen molar-refractivity contribution in [3.8, 4) is 0 Å². The van der Waals surface area contributed by atoms with Crippen LogP contribution in [0.2, 0.25) is 0 Å². The zero-order valence-electron chi connectivity index (χ0n) is 15.3. The van der Waals surface area contributed by atoms with Crippen LogP contribution in [-0.2, 0) is 16.3 Å². The molecule has 9 heteroatoms. The van der Waals surface area contributed by atoms with Crippen molar-refractivity contribution < 1.29 is 12.8 Å². The van der Waals surface area contributed by atoms with E-state index < -0.39 is 14.6 Å². The van der Waals surface area contributed by atoms with Gasteiger partial charge in [-0.25, -0.2) is 12.8 Å². The van der Waals surface area contributed by atoms with Gasteiger partial charge in [0.05, 0.1) is 15.0 Å². The van der Waals surface area contributed by atoms with Crippen molar-refractivity contribution in [3.05, 3.63) is 34.1 Å². The maximum Gasteiger partial charge on any atom is 0.194 e. The van der Waals surface area contributed by atoms with Gasteiger partial charge >= 0.3 is 0 Å². The maximum absolute atomic E-state index is 13.3. The molecule has 1 saturated heterocycles.